The lowest BCUT2D eigenvalue weighted by atomic mass is 10.1. The molecule has 2 aromatic carbocycles. The maximum atomic E-state index is 11.8. The molecule has 1 saturated heterocycles. The Morgan fingerprint density at radius 2 is 2.08 bits per heavy atom. The van der Waals surface area contributed by atoms with Gasteiger partial charge in [0.15, 0.2) is 0 Å². The summed E-state index contributed by atoms with van der Waals surface area (Å²) in [5, 5.41) is 23.4. The van der Waals surface area contributed by atoms with Gasteiger partial charge in [-0.15, -0.1) is 0 Å². The van der Waals surface area contributed by atoms with Gasteiger partial charge < -0.3 is 10.2 Å². The molecule has 1 amide bonds. The van der Waals surface area contributed by atoms with Gasteiger partial charge in [0, 0.05) is 24.7 Å². The first-order valence-electron chi connectivity index (χ1n) is 7.55. The minimum atomic E-state index is -0.554. The van der Waals surface area contributed by atoms with Crippen LogP contribution in [0.15, 0.2) is 36.4 Å². The van der Waals surface area contributed by atoms with E-state index in [1.54, 1.807) is 23.1 Å². The van der Waals surface area contributed by atoms with Gasteiger partial charge in [-0.1, -0.05) is 11.6 Å². The molecule has 126 valence electrons. The highest BCUT2D eigenvalue weighted by atomic mass is 35.5. The Balaban J connectivity index is 1.89. The molecule has 0 bridgehead atoms. The summed E-state index contributed by atoms with van der Waals surface area (Å²) >= 11 is 6.28. The number of benzene rings is 2. The third kappa shape index (κ3) is 3.39. The Kier molecular flexibility index (Phi) is 4.55. The van der Waals surface area contributed by atoms with Gasteiger partial charge >= 0.3 is 0 Å². The van der Waals surface area contributed by atoms with E-state index in [-0.39, 0.29) is 22.8 Å². The molecule has 0 saturated carbocycles. The lowest BCUT2D eigenvalue weighted by Gasteiger charge is -2.18. The van der Waals surface area contributed by atoms with Gasteiger partial charge in [0.25, 0.3) is 5.69 Å². The van der Waals surface area contributed by atoms with Crippen molar-refractivity contribution in [2.24, 2.45) is 0 Å². The zero-order chi connectivity index (χ0) is 18.0. The Morgan fingerprint density at radius 3 is 2.68 bits per heavy atom. The number of nitrogens with one attached hydrogen (secondary N) is 1. The van der Waals surface area contributed by atoms with E-state index in [1.165, 1.54) is 18.2 Å². The first-order valence-corrected chi connectivity index (χ1v) is 7.93. The maximum Gasteiger partial charge on any atom is 0.293 e. The summed E-state index contributed by atoms with van der Waals surface area (Å²) in [7, 11) is 0. The fourth-order valence-electron chi connectivity index (χ4n) is 2.72. The second-order valence-electron chi connectivity index (χ2n) is 5.54. The van der Waals surface area contributed by atoms with Crippen LogP contribution in [-0.4, -0.2) is 17.4 Å². The highest BCUT2D eigenvalue weighted by molar-refractivity contribution is 6.34. The number of carbonyl (C=O) groups is 1. The summed E-state index contributed by atoms with van der Waals surface area (Å²) in [6, 6.07) is 11.1. The van der Waals surface area contributed by atoms with Crippen LogP contribution in [0.25, 0.3) is 0 Å². The molecule has 1 aliphatic heterocycles. The molecule has 1 fully saturated rings. The largest absolute Gasteiger partial charge is 0.350 e. The zero-order valence-electron chi connectivity index (χ0n) is 13.0. The lowest BCUT2D eigenvalue weighted by molar-refractivity contribution is -0.383. The molecule has 1 heterocycles. The van der Waals surface area contributed by atoms with E-state index < -0.39 is 4.92 Å². The molecule has 1 N–H and O–H groups in total. The molecule has 0 aliphatic carbocycles. The van der Waals surface area contributed by atoms with E-state index in [1.807, 2.05) is 6.07 Å². The van der Waals surface area contributed by atoms with E-state index in [9.17, 15) is 14.9 Å². The van der Waals surface area contributed by atoms with E-state index in [4.69, 9.17) is 16.9 Å². The number of nitro benzene ring substituents is 1. The average molecular weight is 357 g/mol. The smallest absolute Gasteiger partial charge is 0.293 e. The summed E-state index contributed by atoms with van der Waals surface area (Å²) < 4.78 is 0. The number of hydrogen-bond acceptors (Lipinski definition) is 5. The van der Waals surface area contributed by atoms with Crippen LogP contribution < -0.4 is 10.2 Å². The van der Waals surface area contributed by atoms with Crippen LogP contribution >= 0.6 is 11.6 Å². The van der Waals surface area contributed by atoms with Gasteiger partial charge in [0.2, 0.25) is 5.91 Å². The summed E-state index contributed by atoms with van der Waals surface area (Å²) in [6.45, 7) is 0.631. The third-order valence-corrected chi connectivity index (χ3v) is 4.22. The second kappa shape index (κ2) is 6.79. The molecule has 7 nitrogen and oxygen atoms in total. The molecule has 25 heavy (non-hydrogen) atoms. The fraction of sp³-hybridized carbons (Fsp3) is 0.176. The molecule has 0 radical (unpaired) electrons. The van der Waals surface area contributed by atoms with Gasteiger partial charge in [0.1, 0.15) is 5.69 Å². The summed E-state index contributed by atoms with van der Waals surface area (Å²) in [4.78, 5) is 24.1. The minimum Gasteiger partial charge on any atom is -0.350 e. The number of rotatable bonds is 4. The van der Waals surface area contributed by atoms with Crippen molar-refractivity contribution in [3.63, 3.8) is 0 Å². The maximum absolute atomic E-state index is 11.8. The highest BCUT2D eigenvalue weighted by Gasteiger charge is 2.23. The average Bonchev–Trinajstić information content (AvgIpc) is 3.01. The molecule has 3 rings (SSSR count). The first-order chi connectivity index (χ1) is 12.0. The summed E-state index contributed by atoms with van der Waals surface area (Å²) in [5.41, 5.74) is 1.44. The van der Waals surface area contributed by atoms with Crippen molar-refractivity contribution >= 4 is 40.3 Å². The molecular weight excluding hydrogens is 344 g/mol. The Hall–Kier alpha value is -3.11. The van der Waals surface area contributed by atoms with Crippen molar-refractivity contribution in [3.05, 3.63) is 57.1 Å². The first kappa shape index (κ1) is 16.7. The predicted octanol–water partition coefficient (Wildman–Crippen LogP) is 3.99. The number of nitro groups is 1. The van der Waals surface area contributed by atoms with Crippen LogP contribution in [0, 0.1) is 21.4 Å². The van der Waals surface area contributed by atoms with Gasteiger partial charge in [0.05, 0.1) is 27.3 Å². The van der Waals surface area contributed by atoms with Crippen molar-refractivity contribution in [1.29, 1.82) is 5.26 Å². The van der Waals surface area contributed by atoms with Crippen LogP contribution in [0.2, 0.25) is 5.02 Å². The van der Waals surface area contributed by atoms with Gasteiger partial charge in [-0.05, 0) is 36.8 Å². The van der Waals surface area contributed by atoms with Gasteiger partial charge in [-0.25, -0.2) is 0 Å². The Labute approximate surface area is 148 Å². The normalized spacial score (nSPS) is 13.6. The number of halogens is 1. The number of hydrogen-bond donors (Lipinski definition) is 1. The summed E-state index contributed by atoms with van der Waals surface area (Å²) in [5.74, 6) is 0.0327. The van der Waals surface area contributed by atoms with Crippen LogP contribution in [-0.2, 0) is 4.79 Å². The zero-order valence-corrected chi connectivity index (χ0v) is 13.8. The molecule has 0 atom stereocenters. The van der Waals surface area contributed by atoms with E-state index in [0.717, 1.165) is 6.42 Å². The predicted molar refractivity (Wildman–Crippen MR) is 94.1 cm³/mol. The molecule has 8 heteroatoms. The SMILES string of the molecule is N#Cc1ccc(Nc2ccc(N3CCCC3=O)c(Cl)c2)c([N+](=O)[O-])c1. The Morgan fingerprint density at radius 1 is 1.28 bits per heavy atom. The number of nitriles is 1. The Bertz CT molecular complexity index is 907. The highest BCUT2D eigenvalue weighted by Crippen LogP contribution is 2.34. The molecular formula is C17H13ClN4O3. The fourth-order valence-corrected chi connectivity index (χ4v) is 3.00. The van der Waals surface area contributed by atoms with Crippen molar-refractivity contribution in [2.75, 3.05) is 16.8 Å². The molecule has 2 aromatic rings. The lowest BCUT2D eigenvalue weighted by Crippen LogP contribution is -2.23. The number of nitrogens with zero attached hydrogens (tertiary/aromatic N) is 3. The quantitative estimate of drug-likeness (QED) is 0.659. The van der Waals surface area contributed by atoms with Crippen molar-refractivity contribution in [1.82, 2.24) is 0 Å². The van der Waals surface area contributed by atoms with Crippen LogP contribution in [0.3, 0.4) is 0 Å². The molecule has 1 aliphatic rings. The van der Waals surface area contributed by atoms with Gasteiger partial charge in [-0.2, -0.15) is 5.26 Å². The monoisotopic (exact) mass is 356 g/mol. The topological polar surface area (TPSA) is 99.3 Å². The molecule has 0 unspecified atom stereocenters. The van der Waals surface area contributed by atoms with Crippen LogP contribution in [0.1, 0.15) is 18.4 Å². The summed E-state index contributed by atoms with van der Waals surface area (Å²) in [6.07, 6.45) is 1.31. The van der Waals surface area contributed by atoms with Gasteiger partial charge in [-0.3, -0.25) is 14.9 Å². The van der Waals surface area contributed by atoms with E-state index >= 15 is 0 Å². The van der Waals surface area contributed by atoms with Crippen LogP contribution in [0.4, 0.5) is 22.7 Å². The van der Waals surface area contributed by atoms with E-state index in [2.05, 4.69) is 5.32 Å². The number of anilines is 3. The standard InChI is InChI=1S/C17H13ClN4O3/c18-13-9-12(4-6-15(13)21-7-1-2-17(21)23)20-14-5-3-11(10-19)8-16(14)22(24)25/h3-6,8-9,20H,1-2,7H2. The number of amides is 1. The van der Waals surface area contributed by atoms with Crippen molar-refractivity contribution in [2.45, 2.75) is 12.8 Å². The van der Waals surface area contributed by atoms with Crippen molar-refractivity contribution in [3.8, 4) is 6.07 Å². The second-order valence-corrected chi connectivity index (χ2v) is 5.95. The molecule has 0 aromatic heterocycles. The van der Waals surface area contributed by atoms with Crippen molar-refractivity contribution < 1.29 is 9.72 Å². The molecule has 0 spiro atoms. The van der Waals surface area contributed by atoms with E-state index in [0.29, 0.717) is 29.4 Å². The third-order valence-electron chi connectivity index (χ3n) is 3.91. The van der Waals surface area contributed by atoms with Crippen LogP contribution in [0.5, 0.6) is 0 Å². The minimum absolute atomic E-state index is 0.0327. The number of carbonyl (C=O) groups excluding carboxylic acids is 1.